The summed E-state index contributed by atoms with van der Waals surface area (Å²) in [6.45, 7) is 19.5. The second-order valence-electron chi connectivity index (χ2n) is 3.56. The molecule has 128 valence electrons. The van der Waals surface area contributed by atoms with Gasteiger partial charge < -0.3 is 13.8 Å². The van der Waals surface area contributed by atoms with E-state index in [1.165, 1.54) is 0 Å². The molecule has 0 saturated carbocycles. The quantitative estimate of drug-likeness (QED) is 0.174. The fraction of sp³-hybridized carbons (Fsp3) is 0.833. The molecule has 2 atom stereocenters. The number of hydrogen-bond acceptors (Lipinski definition) is 0. The molecule has 0 nitrogen and oxygen atoms in total. The van der Waals surface area contributed by atoms with Crippen LogP contribution in [0.15, 0.2) is 0 Å². The number of halogens is 2. The molecule has 0 aliphatic heterocycles. The van der Waals surface area contributed by atoms with E-state index in [1.54, 1.807) is 0 Å². The van der Waals surface area contributed by atoms with Gasteiger partial charge in [0.15, 0.2) is 0 Å². The number of hydrogen-bond donors (Lipinski definition) is 0. The molecule has 0 aromatic rings. The maximum Gasteiger partial charge on any atom is 2.00 e. The molecule has 0 heterocycles. The third kappa shape index (κ3) is 480. The summed E-state index contributed by atoms with van der Waals surface area (Å²) in [7, 11) is 15.1. The molecule has 0 N–H and O–H groups in total. The fourth-order valence-corrected chi connectivity index (χ4v) is 0. The van der Waals surface area contributed by atoms with Crippen molar-refractivity contribution in [3.63, 3.8) is 0 Å². The topological polar surface area (TPSA) is 0 Å². The molecule has 0 fully saturated rings. The predicted molar refractivity (Wildman–Crippen MR) is 92.7 cm³/mol. The summed E-state index contributed by atoms with van der Waals surface area (Å²) in [4.78, 5) is 0. The van der Waals surface area contributed by atoms with Gasteiger partial charge in [0.05, 0.1) is 0 Å². The van der Waals surface area contributed by atoms with Crippen LogP contribution in [-0.2, 0) is 126 Å². The molecular formula is C12H32Cl2P2Ti6. The van der Waals surface area contributed by atoms with Crippen LogP contribution in [0.2, 0.25) is 0 Å². The van der Waals surface area contributed by atoms with E-state index < -0.39 is 17.0 Å². The first-order valence-corrected chi connectivity index (χ1v) is 11.4. The molecular weight excluding hydrogens is 564 g/mol. The Morgan fingerprint density at radius 3 is 0.773 bits per heavy atom. The molecule has 0 aliphatic carbocycles. The molecule has 0 amide bonds. The molecule has 22 heavy (non-hydrogen) atoms. The van der Waals surface area contributed by atoms with Crippen molar-refractivity contribution in [2.75, 3.05) is 0 Å². The van der Waals surface area contributed by atoms with Gasteiger partial charge in [-0.3, -0.25) is 0 Å². The van der Waals surface area contributed by atoms with Gasteiger partial charge >= 0.3 is 57.4 Å². The van der Waals surface area contributed by atoms with E-state index in [9.17, 15) is 0 Å². The summed E-state index contributed by atoms with van der Waals surface area (Å²) >= 11 is -0.556. The van der Waals surface area contributed by atoms with E-state index in [4.69, 9.17) is 18.6 Å². The predicted octanol–water partition coefficient (Wildman–Crippen LogP) is 6.36. The Balaban J connectivity index is -0.00000000974. The van der Waals surface area contributed by atoms with Crippen LogP contribution in [0.5, 0.6) is 0 Å². The molecule has 2 unspecified atom stereocenters. The number of rotatable bonds is 0. The maximum absolute atomic E-state index is 4.89. The van der Waals surface area contributed by atoms with Crippen LogP contribution in [-0.4, -0.2) is 11.3 Å². The van der Waals surface area contributed by atoms with E-state index in [2.05, 4.69) is 60.0 Å². The zero-order valence-corrected chi connectivity index (χ0v) is 28.1. The van der Waals surface area contributed by atoms with Crippen LogP contribution in [0.4, 0.5) is 0 Å². The Kier molecular flexibility index (Phi) is 234. The van der Waals surface area contributed by atoms with Crippen molar-refractivity contribution in [1.29, 1.82) is 0 Å². The average Bonchev–Trinajstić information content (AvgIpc) is 2.03. The molecule has 0 radical (unpaired) electrons. The first-order valence-electron chi connectivity index (χ1n) is 5.77. The minimum atomic E-state index is -0.556. The maximum atomic E-state index is 4.89. The third-order valence-corrected chi connectivity index (χ3v) is 0. The van der Waals surface area contributed by atoms with Crippen LogP contribution in [0.1, 0.15) is 54.4 Å². The molecule has 0 bridgehead atoms. The van der Waals surface area contributed by atoms with E-state index >= 15 is 0 Å². The van der Waals surface area contributed by atoms with Crippen LogP contribution < -0.4 is 0 Å². The molecule has 0 spiro atoms. The molecule has 0 rings (SSSR count). The Labute approximate surface area is 238 Å². The van der Waals surface area contributed by atoms with E-state index in [0.29, 0.717) is 0 Å². The minimum absolute atomic E-state index is 0. The van der Waals surface area contributed by atoms with Crippen LogP contribution in [0.25, 0.3) is 0 Å². The zero-order valence-electron chi connectivity index (χ0n) is 14.9. The zero-order chi connectivity index (χ0) is 15.3. The molecule has 0 saturated heterocycles. The standard InChI is InChI=1S/2C3H9P.2C3H7.2ClH.6Ti/c2*1-3(2)4;2*1-3-2;;;;;;;;/h2*3H,4H2,1-2H3;2*1,3H2,2H3;2*1H;;;;;;/q;;2*-1;;;;;;;2*+2/p-2. The van der Waals surface area contributed by atoms with Crippen molar-refractivity contribution in [1.82, 2.24) is 0 Å². The Morgan fingerprint density at radius 1 is 0.773 bits per heavy atom. The minimum Gasteiger partial charge on any atom is 0 e. The van der Waals surface area contributed by atoms with Crippen LogP contribution >= 0.6 is 37.1 Å². The van der Waals surface area contributed by atoms with E-state index in [0.717, 1.165) is 24.2 Å². The van der Waals surface area contributed by atoms with Crippen molar-refractivity contribution in [3.8, 4) is 0 Å². The average molecular weight is 596 g/mol. The first kappa shape index (κ1) is 63.0. The van der Waals surface area contributed by atoms with Crippen molar-refractivity contribution >= 4 is 37.1 Å². The van der Waals surface area contributed by atoms with Gasteiger partial charge in [0.2, 0.25) is 0 Å². The van der Waals surface area contributed by atoms with Gasteiger partial charge in [-0.2, -0.15) is 12.8 Å². The molecule has 0 aromatic carbocycles. The van der Waals surface area contributed by atoms with E-state index in [1.807, 2.05) is 13.8 Å². The second kappa shape index (κ2) is 81.6. The van der Waals surface area contributed by atoms with Gasteiger partial charge in [-0.05, 0) is 11.3 Å². The molecule has 0 aliphatic rings. The Bertz CT molecular complexity index is 72.4. The Morgan fingerprint density at radius 2 is 0.773 bits per heavy atom. The second-order valence-corrected chi connectivity index (χ2v) is 8.81. The van der Waals surface area contributed by atoms with Gasteiger partial charge in [0, 0.05) is 86.9 Å². The smallest absolute Gasteiger partial charge is 0 e. The van der Waals surface area contributed by atoms with Crippen molar-refractivity contribution < 1.29 is 126 Å². The van der Waals surface area contributed by atoms with Gasteiger partial charge in [-0.15, -0.1) is 18.5 Å². The van der Waals surface area contributed by atoms with Gasteiger partial charge in [0.25, 0.3) is 0 Å². The van der Waals surface area contributed by atoms with Gasteiger partial charge in [-0.25, -0.2) is 0 Å². The van der Waals surface area contributed by atoms with Crippen LogP contribution in [0.3, 0.4) is 0 Å². The van der Waals surface area contributed by atoms with Gasteiger partial charge in [-0.1, -0.05) is 41.5 Å². The van der Waals surface area contributed by atoms with Crippen molar-refractivity contribution in [2.45, 2.75) is 65.7 Å². The summed E-state index contributed by atoms with van der Waals surface area (Å²) in [5.41, 5.74) is 1.50. The third-order valence-electron chi connectivity index (χ3n) is 0. The summed E-state index contributed by atoms with van der Waals surface area (Å²) in [5, 5.41) is 0. The first-order chi connectivity index (χ1) is 7.71. The largest absolute Gasteiger partial charge is 2.00 e. The van der Waals surface area contributed by atoms with Gasteiger partial charge in [0.1, 0.15) is 0 Å². The van der Waals surface area contributed by atoms with E-state index in [-0.39, 0.29) is 109 Å². The summed E-state index contributed by atoms with van der Waals surface area (Å²) in [6, 6.07) is 0. The molecule has 0 aromatic heterocycles. The normalized spacial score (nSPS) is 5.55. The fourth-order valence-electron chi connectivity index (χ4n) is 0. The molecule has 10 heteroatoms. The summed E-state index contributed by atoms with van der Waals surface area (Å²) < 4.78 is 0. The Hall–Kier alpha value is 5.73. The SMILES string of the molecule is CC(C)P.CC(C)P.[CH2-]CC.[CH2-]CC.[Cl][Ti][Cl].[Ti+2].[Ti].[Ti].[Ti].[Ti]. The van der Waals surface area contributed by atoms with Crippen molar-refractivity contribution in [2.24, 2.45) is 0 Å². The monoisotopic (exact) mass is 596 g/mol. The summed E-state index contributed by atoms with van der Waals surface area (Å²) in [6.07, 6.45) is 2.00. The summed E-state index contributed by atoms with van der Waals surface area (Å²) in [5.74, 6) is 0. The van der Waals surface area contributed by atoms with Crippen LogP contribution in [0, 0.1) is 13.8 Å². The van der Waals surface area contributed by atoms with Crippen molar-refractivity contribution in [3.05, 3.63) is 13.8 Å².